The van der Waals surface area contributed by atoms with Crippen LogP contribution in [-0.4, -0.2) is 30.5 Å². The third-order valence-corrected chi connectivity index (χ3v) is 4.20. The first-order valence-electron chi connectivity index (χ1n) is 9.50. The summed E-state index contributed by atoms with van der Waals surface area (Å²) in [5, 5.41) is 2.59. The van der Waals surface area contributed by atoms with E-state index in [0.29, 0.717) is 17.0 Å². The minimum absolute atomic E-state index is 0.110. The molecule has 0 radical (unpaired) electrons. The molecule has 0 fully saturated rings. The average Bonchev–Trinajstić information content (AvgIpc) is 2.79. The van der Waals surface area contributed by atoms with Gasteiger partial charge in [-0.1, -0.05) is 18.2 Å². The molecule has 0 aliphatic rings. The molecule has 170 valence electrons. The Morgan fingerprint density at radius 3 is 2.58 bits per heavy atom. The van der Waals surface area contributed by atoms with Gasteiger partial charge < -0.3 is 25.3 Å². The van der Waals surface area contributed by atoms with Crippen molar-refractivity contribution >= 4 is 23.6 Å². The zero-order valence-corrected chi connectivity index (χ0v) is 17.3. The predicted molar refractivity (Wildman–Crippen MR) is 117 cm³/mol. The Kier molecular flexibility index (Phi) is 7.53. The number of primary amides is 1. The van der Waals surface area contributed by atoms with Crippen LogP contribution in [0.25, 0.3) is 6.08 Å². The van der Waals surface area contributed by atoms with Crippen LogP contribution in [0.3, 0.4) is 0 Å². The molecule has 3 rings (SSSR count). The van der Waals surface area contributed by atoms with Crippen molar-refractivity contribution in [1.82, 2.24) is 4.98 Å². The van der Waals surface area contributed by atoms with E-state index in [-0.39, 0.29) is 22.9 Å². The zero-order valence-electron chi connectivity index (χ0n) is 17.3. The average molecular weight is 455 g/mol. The number of nitrogens with zero attached hydrogens (tertiary/aromatic N) is 1. The second-order valence-corrected chi connectivity index (χ2v) is 6.46. The Morgan fingerprint density at radius 1 is 1.12 bits per heavy atom. The highest BCUT2D eigenvalue weighted by Gasteiger charge is 2.14. The molecule has 3 aromatic rings. The smallest absolute Gasteiger partial charge is 0.387 e. The summed E-state index contributed by atoms with van der Waals surface area (Å²) < 4.78 is 40.5. The van der Waals surface area contributed by atoms with Crippen LogP contribution in [0.4, 0.5) is 14.5 Å². The number of nitrogens with two attached hydrogens (primary N) is 1. The van der Waals surface area contributed by atoms with Crippen molar-refractivity contribution in [2.24, 2.45) is 5.73 Å². The topological polar surface area (TPSA) is 113 Å². The number of anilines is 1. The summed E-state index contributed by atoms with van der Waals surface area (Å²) in [5.74, 6) is -0.567. The molecule has 2 amide bonds. The Bertz CT molecular complexity index is 1170. The summed E-state index contributed by atoms with van der Waals surface area (Å²) in [5.41, 5.74) is 6.15. The fraction of sp³-hybridized carbons (Fsp3) is 0.0870. The maximum atomic E-state index is 12.7. The summed E-state index contributed by atoms with van der Waals surface area (Å²) in [6.07, 6.45) is 3.86. The number of nitrogens with one attached hydrogen (secondary N) is 1. The van der Waals surface area contributed by atoms with Crippen LogP contribution in [0.5, 0.6) is 23.1 Å². The van der Waals surface area contributed by atoms with Crippen LogP contribution in [0.2, 0.25) is 0 Å². The van der Waals surface area contributed by atoms with E-state index in [9.17, 15) is 18.4 Å². The summed E-state index contributed by atoms with van der Waals surface area (Å²) in [4.78, 5) is 27.6. The maximum Gasteiger partial charge on any atom is 0.387 e. The number of rotatable bonds is 9. The highest BCUT2D eigenvalue weighted by atomic mass is 19.3. The van der Waals surface area contributed by atoms with Crippen molar-refractivity contribution in [3.8, 4) is 23.1 Å². The number of halogens is 2. The van der Waals surface area contributed by atoms with Gasteiger partial charge in [-0.2, -0.15) is 8.78 Å². The lowest BCUT2D eigenvalue weighted by Crippen LogP contribution is -2.10. The standard InChI is InChI=1S/C23H19F2N3O5/c1-31-18-7-3-4-14(21(18)33-23(24)25)8-10-19(29)28-16-9-11-20(27-13-16)32-17-6-2-5-15(12-17)22(26)30/h2-13,23H,1H3,(H2,26,30)(H,28,29)/b10-8+. The lowest BCUT2D eigenvalue weighted by atomic mass is 10.1. The van der Waals surface area contributed by atoms with Gasteiger partial charge in [0.2, 0.25) is 17.7 Å². The molecule has 0 saturated carbocycles. The highest BCUT2D eigenvalue weighted by Crippen LogP contribution is 2.33. The Labute approximate surface area is 187 Å². The molecule has 0 unspecified atom stereocenters. The van der Waals surface area contributed by atoms with Gasteiger partial charge in [0.05, 0.1) is 19.0 Å². The van der Waals surface area contributed by atoms with E-state index in [4.69, 9.17) is 15.2 Å². The number of para-hydroxylation sites is 1. The van der Waals surface area contributed by atoms with Crippen molar-refractivity contribution < 1.29 is 32.6 Å². The first-order valence-corrected chi connectivity index (χ1v) is 9.50. The number of amides is 2. The molecule has 1 heterocycles. The molecule has 2 aromatic carbocycles. The van der Waals surface area contributed by atoms with E-state index in [1.54, 1.807) is 30.3 Å². The number of benzene rings is 2. The molecule has 1 aromatic heterocycles. The van der Waals surface area contributed by atoms with Crippen LogP contribution in [0.15, 0.2) is 66.9 Å². The van der Waals surface area contributed by atoms with Crippen LogP contribution in [0.1, 0.15) is 15.9 Å². The van der Waals surface area contributed by atoms with Crippen molar-refractivity contribution in [3.05, 3.63) is 78.0 Å². The summed E-state index contributed by atoms with van der Waals surface area (Å²) in [6.45, 7) is -3.05. The minimum atomic E-state index is -3.05. The van der Waals surface area contributed by atoms with Gasteiger partial charge in [0.1, 0.15) is 5.75 Å². The Balaban J connectivity index is 1.65. The van der Waals surface area contributed by atoms with Crippen LogP contribution < -0.4 is 25.3 Å². The third-order valence-electron chi connectivity index (χ3n) is 4.20. The highest BCUT2D eigenvalue weighted by molar-refractivity contribution is 6.02. The van der Waals surface area contributed by atoms with Crippen molar-refractivity contribution in [2.75, 3.05) is 12.4 Å². The van der Waals surface area contributed by atoms with Crippen LogP contribution in [0, 0.1) is 0 Å². The van der Waals surface area contributed by atoms with Gasteiger partial charge in [-0.15, -0.1) is 0 Å². The monoisotopic (exact) mass is 455 g/mol. The van der Waals surface area contributed by atoms with Gasteiger partial charge in [-0.3, -0.25) is 9.59 Å². The van der Waals surface area contributed by atoms with Gasteiger partial charge in [0, 0.05) is 23.3 Å². The molecule has 10 heteroatoms. The summed E-state index contributed by atoms with van der Waals surface area (Å²) in [6, 6.07) is 13.9. The molecule has 0 bridgehead atoms. The van der Waals surface area contributed by atoms with Gasteiger partial charge >= 0.3 is 6.61 Å². The number of pyridine rings is 1. The molecular formula is C23H19F2N3O5. The minimum Gasteiger partial charge on any atom is -0.493 e. The molecular weight excluding hydrogens is 436 g/mol. The number of aromatic nitrogens is 1. The number of methoxy groups -OCH3 is 1. The molecule has 0 saturated heterocycles. The molecule has 0 spiro atoms. The first kappa shape index (κ1) is 23.2. The second-order valence-electron chi connectivity index (χ2n) is 6.46. The molecule has 0 aliphatic carbocycles. The Morgan fingerprint density at radius 2 is 1.91 bits per heavy atom. The van der Waals surface area contributed by atoms with E-state index < -0.39 is 18.4 Å². The molecule has 8 nitrogen and oxygen atoms in total. The zero-order chi connectivity index (χ0) is 23.8. The van der Waals surface area contributed by atoms with E-state index in [1.165, 1.54) is 43.6 Å². The van der Waals surface area contributed by atoms with Crippen LogP contribution >= 0.6 is 0 Å². The lowest BCUT2D eigenvalue weighted by Gasteiger charge is -2.12. The molecule has 33 heavy (non-hydrogen) atoms. The first-order chi connectivity index (χ1) is 15.9. The van der Waals surface area contributed by atoms with E-state index >= 15 is 0 Å². The van der Waals surface area contributed by atoms with Gasteiger partial charge in [0.25, 0.3) is 0 Å². The van der Waals surface area contributed by atoms with E-state index in [1.807, 2.05) is 0 Å². The number of alkyl halides is 2. The lowest BCUT2D eigenvalue weighted by molar-refractivity contribution is -0.111. The fourth-order valence-electron chi connectivity index (χ4n) is 2.74. The largest absolute Gasteiger partial charge is 0.493 e. The number of carbonyl (C=O) groups is 2. The normalized spacial score (nSPS) is 10.8. The third kappa shape index (κ3) is 6.50. The summed E-state index contributed by atoms with van der Waals surface area (Å²) >= 11 is 0. The number of hydrogen-bond donors (Lipinski definition) is 2. The van der Waals surface area contributed by atoms with E-state index in [0.717, 1.165) is 6.08 Å². The number of ether oxygens (including phenoxy) is 3. The predicted octanol–water partition coefficient (Wildman–Crippen LogP) is 4.23. The molecule has 3 N–H and O–H groups in total. The van der Waals surface area contributed by atoms with E-state index in [2.05, 4.69) is 15.0 Å². The van der Waals surface area contributed by atoms with Gasteiger partial charge in [-0.05, 0) is 36.4 Å². The van der Waals surface area contributed by atoms with Crippen molar-refractivity contribution in [2.45, 2.75) is 6.61 Å². The van der Waals surface area contributed by atoms with Crippen LogP contribution in [-0.2, 0) is 4.79 Å². The van der Waals surface area contributed by atoms with Gasteiger partial charge in [-0.25, -0.2) is 4.98 Å². The molecule has 0 aliphatic heterocycles. The van der Waals surface area contributed by atoms with Crippen molar-refractivity contribution in [1.29, 1.82) is 0 Å². The summed E-state index contributed by atoms with van der Waals surface area (Å²) in [7, 11) is 1.32. The second kappa shape index (κ2) is 10.7. The number of hydrogen-bond acceptors (Lipinski definition) is 6. The quantitative estimate of drug-likeness (QED) is 0.467. The van der Waals surface area contributed by atoms with Crippen molar-refractivity contribution in [3.63, 3.8) is 0 Å². The fourth-order valence-corrected chi connectivity index (χ4v) is 2.74. The van der Waals surface area contributed by atoms with Gasteiger partial charge in [0.15, 0.2) is 11.5 Å². The SMILES string of the molecule is COc1cccc(/C=C/C(=O)Nc2ccc(Oc3cccc(C(N)=O)c3)nc2)c1OC(F)F. The maximum absolute atomic E-state index is 12.7. The molecule has 0 atom stereocenters. The Hall–Kier alpha value is -4.47. The number of carbonyl (C=O) groups excluding carboxylic acids is 2.